The third kappa shape index (κ3) is 3.48. The number of thiazole rings is 1. The van der Waals surface area contributed by atoms with E-state index in [1.54, 1.807) is 0 Å². The summed E-state index contributed by atoms with van der Waals surface area (Å²) in [5.41, 5.74) is -0.0943. The summed E-state index contributed by atoms with van der Waals surface area (Å²) in [6.07, 6.45) is -4.02. The van der Waals surface area contributed by atoms with E-state index in [0.717, 1.165) is 6.08 Å². The van der Waals surface area contributed by atoms with E-state index in [2.05, 4.69) is 11.6 Å². The van der Waals surface area contributed by atoms with Crippen LogP contribution in [0.4, 0.5) is 18.3 Å². The van der Waals surface area contributed by atoms with Crippen molar-refractivity contribution in [1.82, 2.24) is 4.98 Å². The van der Waals surface area contributed by atoms with Crippen molar-refractivity contribution in [1.29, 1.82) is 0 Å². The summed E-state index contributed by atoms with van der Waals surface area (Å²) in [4.78, 5) is 25.8. The van der Waals surface area contributed by atoms with Gasteiger partial charge < -0.3 is 5.11 Å². The van der Waals surface area contributed by atoms with Gasteiger partial charge in [-0.25, -0.2) is 9.78 Å². The Hall–Kier alpha value is -1.61. The number of hydrogen-bond donors (Lipinski definition) is 1. The second-order valence-electron chi connectivity index (χ2n) is 3.41. The number of carbonyl (C=O) groups is 2. The maximum absolute atomic E-state index is 12.5. The molecule has 1 aromatic rings. The van der Waals surface area contributed by atoms with Crippen LogP contribution in [0.3, 0.4) is 0 Å². The van der Waals surface area contributed by atoms with Crippen LogP contribution < -0.4 is 4.90 Å². The SMILES string of the molecule is C=CCN(C(=O)C(F)(F)F)c1nc(CCl)c(C(=O)O)s1. The predicted molar refractivity (Wildman–Crippen MR) is 67.2 cm³/mol. The lowest BCUT2D eigenvalue weighted by Crippen LogP contribution is -2.41. The van der Waals surface area contributed by atoms with Gasteiger partial charge in [0.15, 0.2) is 5.13 Å². The van der Waals surface area contributed by atoms with Gasteiger partial charge in [0, 0.05) is 6.54 Å². The molecule has 0 saturated heterocycles. The number of aromatic carboxylic acids is 1. The molecule has 0 aliphatic heterocycles. The third-order valence-electron chi connectivity index (χ3n) is 2.04. The summed E-state index contributed by atoms with van der Waals surface area (Å²) in [5.74, 6) is -3.81. The predicted octanol–water partition coefficient (Wildman–Crippen LogP) is 2.66. The van der Waals surface area contributed by atoms with Gasteiger partial charge in [0.05, 0.1) is 11.6 Å². The molecule has 1 heterocycles. The Morgan fingerprint density at radius 3 is 2.45 bits per heavy atom. The van der Waals surface area contributed by atoms with Crippen LogP contribution in [0.1, 0.15) is 15.4 Å². The van der Waals surface area contributed by atoms with Crippen LogP contribution in [0.15, 0.2) is 12.7 Å². The van der Waals surface area contributed by atoms with Crippen LogP contribution in [0, 0.1) is 0 Å². The van der Waals surface area contributed by atoms with Crippen LogP contribution in [0.5, 0.6) is 0 Å². The number of amides is 1. The first-order valence-electron chi connectivity index (χ1n) is 5.01. The van der Waals surface area contributed by atoms with E-state index in [0.29, 0.717) is 16.2 Å². The van der Waals surface area contributed by atoms with Crippen molar-refractivity contribution >= 4 is 39.9 Å². The lowest BCUT2D eigenvalue weighted by molar-refractivity contribution is -0.170. The normalized spacial score (nSPS) is 11.2. The van der Waals surface area contributed by atoms with Crippen LogP contribution >= 0.6 is 22.9 Å². The van der Waals surface area contributed by atoms with Gasteiger partial charge in [-0.2, -0.15) is 13.2 Å². The van der Waals surface area contributed by atoms with E-state index in [1.165, 1.54) is 0 Å². The van der Waals surface area contributed by atoms with Crippen molar-refractivity contribution in [2.45, 2.75) is 12.1 Å². The number of anilines is 1. The molecule has 0 aliphatic carbocycles. The van der Waals surface area contributed by atoms with Crippen molar-refractivity contribution in [3.8, 4) is 0 Å². The third-order valence-corrected chi connectivity index (χ3v) is 3.40. The van der Waals surface area contributed by atoms with Gasteiger partial charge in [0.25, 0.3) is 0 Å². The number of halogens is 4. The number of carboxylic acids is 1. The number of aromatic nitrogens is 1. The standard InChI is InChI=1S/C10H8ClF3N2O3S/c1-2-3-16(8(19)10(12,13)14)9-15-5(4-11)6(20-9)7(17)18/h2H,1,3-4H2,(H,17,18). The average Bonchev–Trinajstić information content (AvgIpc) is 2.78. The fraction of sp³-hybridized carbons (Fsp3) is 0.300. The maximum Gasteiger partial charge on any atom is 0.471 e. The summed E-state index contributed by atoms with van der Waals surface area (Å²) in [6, 6.07) is 0. The molecular weight excluding hydrogens is 321 g/mol. The molecule has 20 heavy (non-hydrogen) atoms. The Balaban J connectivity index is 3.26. The number of rotatable bonds is 5. The molecule has 10 heteroatoms. The molecule has 0 atom stereocenters. The summed E-state index contributed by atoms with van der Waals surface area (Å²) in [5, 5.41) is 8.50. The largest absolute Gasteiger partial charge is 0.477 e. The monoisotopic (exact) mass is 328 g/mol. The quantitative estimate of drug-likeness (QED) is 0.666. The molecule has 0 spiro atoms. The first-order chi connectivity index (χ1) is 9.22. The van der Waals surface area contributed by atoms with E-state index in [9.17, 15) is 22.8 Å². The molecule has 1 amide bonds. The molecule has 1 N–H and O–H groups in total. The van der Waals surface area contributed by atoms with E-state index in [-0.39, 0.29) is 21.6 Å². The molecule has 0 unspecified atom stereocenters. The van der Waals surface area contributed by atoms with Crippen LogP contribution in [-0.4, -0.2) is 34.7 Å². The lowest BCUT2D eigenvalue weighted by atomic mass is 10.4. The Morgan fingerprint density at radius 2 is 2.10 bits per heavy atom. The molecular formula is C10H8ClF3N2O3S. The van der Waals surface area contributed by atoms with Gasteiger partial charge >= 0.3 is 18.1 Å². The van der Waals surface area contributed by atoms with Crippen LogP contribution in [0.2, 0.25) is 0 Å². The number of carbonyl (C=O) groups excluding carboxylic acids is 1. The van der Waals surface area contributed by atoms with Crippen molar-refractivity contribution in [3.05, 3.63) is 23.2 Å². The Bertz CT molecular complexity index is 544. The summed E-state index contributed by atoms with van der Waals surface area (Å²) < 4.78 is 37.4. The number of alkyl halides is 4. The average molecular weight is 329 g/mol. The minimum absolute atomic E-state index is 0.0943. The molecule has 5 nitrogen and oxygen atoms in total. The highest BCUT2D eigenvalue weighted by atomic mass is 35.5. The highest BCUT2D eigenvalue weighted by Gasteiger charge is 2.43. The number of hydrogen-bond acceptors (Lipinski definition) is 4. The molecule has 0 bridgehead atoms. The maximum atomic E-state index is 12.5. The fourth-order valence-corrected chi connectivity index (χ4v) is 2.44. The first-order valence-corrected chi connectivity index (χ1v) is 6.36. The smallest absolute Gasteiger partial charge is 0.471 e. The molecule has 0 aliphatic rings. The fourth-order valence-electron chi connectivity index (χ4n) is 1.24. The molecule has 110 valence electrons. The minimum Gasteiger partial charge on any atom is -0.477 e. The van der Waals surface area contributed by atoms with Gasteiger partial charge in [0.2, 0.25) is 0 Å². The van der Waals surface area contributed by atoms with Crippen molar-refractivity contribution in [2.24, 2.45) is 0 Å². The molecule has 1 rings (SSSR count). The van der Waals surface area contributed by atoms with Crippen molar-refractivity contribution < 1.29 is 27.9 Å². The Morgan fingerprint density at radius 1 is 1.50 bits per heavy atom. The molecule has 0 radical (unpaired) electrons. The first kappa shape index (κ1) is 16.4. The molecule has 0 fully saturated rings. The van der Waals surface area contributed by atoms with E-state index in [4.69, 9.17) is 16.7 Å². The van der Waals surface area contributed by atoms with Gasteiger partial charge in [-0.15, -0.1) is 18.2 Å². The van der Waals surface area contributed by atoms with E-state index >= 15 is 0 Å². The number of carboxylic acid groups (broad SMARTS) is 1. The van der Waals surface area contributed by atoms with Gasteiger partial charge in [0.1, 0.15) is 4.88 Å². The van der Waals surface area contributed by atoms with Gasteiger partial charge in [-0.3, -0.25) is 9.69 Å². The molecule has 0 aromatic carbocycles. The zero-order chi connectivity index (χ0) is 15.5. The summed E-state index contributed by atoms with van der Waals surface area (Å²) in [7, 11) is 0. The molecule has 0 saturated carbocycles. The van der Waals surface area contributed by atoms with E-state index < -0.39 is 24.6 Å². The highest BCUT2D eigenvalue weighted by molar-refractivity contribution is 7.17. The second-order valence-corrected chi connectivity index (χ2v) is 4.66. The van der Waals surface area contributed by atoms with Gasteiger partial charge in [-0.1, -0.05) is 17.4 Å². The van der Waals surface area contributed by atoms with Crippen molar-refractivity contribution in [2.75, 3.05) is 11.4 Å². The topological polar surface area (TPSA) is 70.5 Å². The zero-order valence-electron chi connectivity index (χ0n) is 9.78. The minimum atomic E-state index is -5.10. The van der Waals surface area contributed by atoms with E-state index in [1.807, 2.05) is 0 Å². The number of nitrogens with zero attached hydrogens (tertiary/aromatic N) is 2. The summed E-state index contributed by atoms with van der Waals surface area (Å²) >= 11 is 5.92. The zero-order valence-corrected chi connectivity index (χ0v) is 11.3. The second kappa shape index (κ2) is 6.23. The van der Waals surface area contributed by atoms with Crippen LogP contribution in [0.25, 0.3) is 0 Å². The van der Waals surface area contributed by atoms with Crippen LogP contribution in [-0.2, 0) is 10.7 Å². The highest BCUT2D eigenvalue weighted by Crippen LogP contribution is 2.30. The summed E-state index contributed by atoms with van der Waals surface area (Å²) in [6.45, 7) is 2.80. The molecule has 1 aromatic heterocycles. The lowest BCUT2D eigenvalue weighted by Gasteiger charge is -2.19. The van der Waals surface area contributed by atoms with Gasteiger partial charge in [-0.05, 0) is 0 Å². The van der Waals surface area contributed by atoms with Crippen molar-refractivity contribution in [3.63, 3.8) is 0 Å². The Labute approximate surface area is 120 Å². The Kier molecular flexibility index (Phi) is 5.12.